The van der Waals surface area contributed by atoms with Crippen molar-refractivity contribution in [2.45, 2.75) is 78.6 Å². The van der Waals surface area contributed by atoms with Crippen molar-refractivity contribution in [3.8, 4) is 0 Å². The van der Waals surface area contributed by atoms with Gasteiger partial charge in [-0.15, -0.1) is 0 Å². The molecule has 2 radical (unpaired) electrons. The molecule has 0 aliphatic carbocycles. The quantitative estimate of drug-likeness (QED) is 0.333. The molecule has 2 aromatic rings. The number of hydrogen-bond donors (Lipinski definition) is 0. The van der Waals surface area contributed by atoms with E-state index >= 15 is 0 Å². The summed E-state index contributed by atoms with van der Waals surface area (Å²) in [5.74, 6) is 0. The Morgan fingerprint density at radius 1 is 0.419 bits per heavy atom. The summed E-state index contributed by atoms with van der Waals surface area (Å²) in [6.07, 6.45) is 0. The van der Waals surface area contributed by atoms with Crippen molar-refractivity contribution in [1.82, 2.24) is 0 Å². The first-order valence-corrected chi connectivity index (χ1v) is 28.1. The summed E-state index contributed by atoms with van der Waals surface area (Å²) in [4.78, 5) is 0. The van der Waals surface area contributed by atoms with Crippen LogP contribution in [0.25, 0.3) is 0 Å². The van der Waals surface area contributed by atoms with Gasteiger partial charge < -0.3 is 0 Å². The molecule has 0 spiro atoms. The van der Waals surface area contributed by atoms with E-state index in [1.807, 2.05) is 0 Å². The Labute approximate surface area is 207 Å². The van der Waals surface area contributed by atoms with Crippen molar-refractivity contribution in [2.24, 2.45) is 0 Å². The summed E-state index contributed by atoms with van der Waals surface area (Å²) in [5.41, 5.74) is 2.88. The number of rotatable bonds is 8. The maximum atomic E-state index is 2.81. The first-order chi connectivity index (χ1) is 13.9. The van der Waals surface area contributed by atoms with Crippen molar-refractivity contribution in [1.29, 1.82) is 0 Å². The van der Waals surface area contributed by atoms with Crippen LogP contribution < -0.4 is 15.6 Å². The molecule has 0 bridgehead atoms. The van der Waals surface area contributed by atoms with E-state index in [4.69, 9.17) is 0 Å². The van der Waals surface area contributed by atoms with E-state index in [0.717, 1.165) is 0 Å². The Bertz CT molecular complexity index is 754. The van der Waals surface area contributed by atoms with Gasteiger partial charge >= 0.3 is 208 Å². The van der Waals surface area contributed by atoms with Gasteiger partial charge in [-0.05, 0) is 0 Å². The monoisotopic (exact) mass is 592 g/mol. The molecule has 0 unspecified atom stereocenters. The van der Waals surface area contributed by atoms with Crippen LogP contribution in [0, 0.1) is 0 Å². The number of anilines is 2. The van der Waals surface area contributed by atoms with E-state index in [2.05, 4.69) is 136 Å². The third-order valence-electron chi connectivity index (χ3n) is 5.22. The van der Waals surface area contributed by atoms with E-state index in [9.17, 15) is 0 Å². The van der Waals surface area contributed by atoms with Crippen LogP contribution in [0.1, 0.15) is 0 Å². The fourth-order valence-corrected chi connectivity index (χ4v) is 27.8. The normalized spacial score (nSPS) is 13.3. The van der Waals surface area contributed by atoms with Crippen LogP contribution in [0.5, 0.6) is 0 Å². The van der Waals surface area contributed by atoms with Gasteiger partial charge in [0, 0.05) is 0 Å². The molecule has 7 heteroatoms. The van der Waals surface area contributed by atoms with E-state index in [1.54, 1.807) is 7.16 Å². The summed E-state index contributed by atoms with van der Waals surface area (Å²) in [6, 6.07) is 19.3. The van der Waals surface area contributed by atoms with Crippen LogP contribution in [-0.2, 0) is 0 Å². The second kappa shape index (κ2) is 9.52. The van der Waals surface area contributed by atoms with Crippen LogP contribution in [-0.4, -0.2) is 54.1 Å². The van der Waals surface area contributed by atoms with Gasteiger partial charge in [0.1, 0.15) is 0 Å². The van der Waals surface area contributed by atoms with Crippen LogP contribution in [0.2, 0.25) is 78.6 Å². The van der Waals surface area contributed by atoms with Crippen molar-refractivity contribution in [3.63, 3.8) is 0 Å². The van der Waals surface area contributed by atoms with Gasteiger partial charge in [-0.3, -0.25) is 0 Å². The minimum absolute atomic E-state index is 0.767. The molecule has 0 amide bonds. The van der Waals surface area contributed by atoms with Crippen molar-refractivity contribution in [3.05, 3.63) is 48.5 Å². The number of nitrogens with zero attached hydrogens (tertiary/aromatic N) is 2. The summed E-state index contributed by atoms with van der Waals surface area (Å²) in [6.45, 7) is 29.7. The molecule has 0 N–H and O–H groups in total. The Balaban J connectivity index is 2.23. The molecule has 2 rings (SSSR count). The molecule has 0 saturated carbocycles. The Kier molecular flexibility index (Phi) is 8.28. The predicted molar refractivity (Wildman–Crippen MR) is 156 cm³/mol. The molecular formula is C24H44N2Si4Sn. The molecule has 0 heterocycles. The van der Waals surface area contributed by atoms with Gasteiger partial charge in [0.2, 0.25) is 0 Å². The van der Waals surface area contributed by atoms with E-state index in [1.165, 1.54) is 11.4 Å². The second-order valence-electron chi connectivity index (χ2n) is 12.6. The zero-order valence-corrected chi connectivity index (χ0v) is 28.9. The molecule has 0 atom stereocenters. The van der Waals surface area contributed by atoms with Crippen molar-refractivity contribution < 1.29 is 0 Å². The topological polar surface area (TPSA) is 6.48 Å². The summed E-state index contributed by atoms with van der Waals surface area (Å²) < 4.78 is 8.76. The Morgan fingerprint density at radius 3 is 0.839 bits per heavy atom. The SMILES string of the molecule is C[Si](C)(C)N(c1cc[c]([Sn][c]2ccc(N([Si](C)(C)C)[Si](C)(C)C)cc2)cc1)[Si](C)(C)C. The molecule has 170 valence electrons. The molecule has 0 aliphatic heterocycles. The maximum absolute atomic E-state index is 2.81. The van der Waals surface area contributed by atoms with Gasteiger partial charge in [-0.1, -0.05) is 0 Å². The van der Waals surface area contributed by atoms with Gasteiger partial charge in [0.05, 0.1) is 0 Å². The van der Waals surface area contributed by atoms with E-state index < -0.39 is 54.1 Å². The second-order valence-corrected chi connectivity index (χ2v) is 36.6. The van der Waals surface area contributed by atoms with Gasteiger partial charge in [0.15, 0.2) is 0 Å². The molecule has 0 aromatic heterocycles. The van der Waals surface area contributed by atoms with Crippen molar-refractivity contribution in [2.75, 3.05) is 8.46 Å². The van der Waals surface area contributed by atoms with Crippen molar-refractivity contribution >= 4 is 72.6 Å². The molecule has 0 fully saturated rings. The summed E-state index contributed by atoms with van der Waals surface area (Å²) >= 11 is -0.767. The van der Waals surface area contributed by atoms with Gasteiger partial charge in [0.25, 0.3) is 0 Å². The standard InChI is InChI=1S/2C12H22NSi2.Sn/c2*1-14(2,3)13(15(4,5)6)12-10-8-7-9-11-12;/h2*8-11H,1-6H3;. The molecule has 0 aliphatic rings. The summed E-state index contributed by atoms with van der Waals surface area (Å²) in [7, 11) is -5.57. The minimum atomic E-state index is -1.39. The average molecular weight is 592 g/mol. The van der Waals surface area contributed by atoms with E-state index in [0.29, 0.717) is 0 Å². The molecule has 0 saturated heterocycles. The van der Waals surface area contributed by atoms with Crippen LogP contribution >= 0.6 is 0 Å². The Morgan fingerprint density at radius 2 is 0.645 bits per heavy atom. The average Bonchev–Trinajstić information content (AvgIpc) is 2.53. The fourth-order valence-electron chi connectivity index (χ4n) is 5.12. The first-order valence-electron chi connectivity index (χ1n) is 11.5. The fraction of sp³-hybridized carbons (Fsp3) is 0.500. The first kappa shape index (κ1) is 27.0. The molecule has 31 heavy (non-hydrogen) atoms. The van der Waals surface area contributed by atoms with Gasteiger partial charge in [-0.25, -0.2) is 0 Å². The van der Waals surface area contributed by atoms with Crippen LogP contribution in [0.4, 0.5) is 11.4 Å². The molecule has 2 nitrogen and oxygen atoms in total. The van der Waals surface area contributed by atoms with E-state index in [-0.39, 0.29) is 0 Å². The molecular weight excluding hydrogens is 547 g/mol. The Hall–Kier alpha value is -0.294. The third kappa shape index (κ3) is 7.35. The third-order valence-corrected chi connectivity index (χ3v) is 23.2. The summed E-state index contributed by atoms with van der Waals surface area (Å²) in [5, 5.41) is 0. The van der Waals surface area contributed by atoms with Crippen LogP contribution in [0.3, 0.4) is 0 Å². The van der Waals surface area contributed by atoms with Gasteiger partial charge in [-0.2, -0.15) is 0 Å². The molecule has 2 aromatic carbocycles. The zero-order chi connectivity index (χ0) is 23.8. The predicted octanol–water partition coefficient (Wildman–Crippen LogP) is 6.29. The zero-order valence-electron chi connectivity index (χ0n) is 22.0. The van der Waals surface area contributed by atoms with Crippen LogP contribution in [0.15, 0.2) is 48.5 Å². The number of benzene rings is 2. The number of hydrogen-bond acceptors (Lipinski definition) is 2.